The first-order valence-electron chi connectivity index (χ1n) is 10.2. The molecular weight excluding hydrogens is 368 g/mol. The summed E-state index contributed by atoms with van der Waals surface area (Å²) in [5.74, 6) is 0.149. The molecule has 0 spiro atoms. The van der Waals surface area contributed by atoms with E-state index in [1.54, 1.807) is 12.1 Å². The number of hydrogen-bond donors (Lipinski definition) is 0. The van der Waals surface area contributed by atoms with E-state index in [1.807, 2.05) is 12.1 Å². The Morgan fingerprint density at radius 1 is 1.28 bits per heavy atom. The van der Waals surface area contributed by atoms with Gasteiger partial charge in [0.05, 0.1) is 6.61 Å². The molecule has 0 aliphatic heterocycles. The minimum Gasteiger partial charge on any atom is -0.550 e. The molecule has 0 unspecified atom stereocenters. The molecule has 0 radical (unpaired) electrons. The lowest BCUT2D eigenvalue weighted by molar-refractivity contribution is -0.306. The summed E-state index contributed by atoms with van der Waals surface area (Å²) in [6, 6.07) is 8.61. The number of carboxylic acid groups (broad SMARTS) is 1. The second-order valence-electron chi connectivity index (χ2n) is 8.68. The van der Waals surface area contributed by atoms with Crippen LogP contribution in [-0.4, -0.2) is 12.6 Å². The van der Waals surface area contributed by atoms with E-state index in [0.29, 0.717) is 30.3 Å². The number of fused-ring (bicyclic) bond motifs is 1. The third-order valence-electron chi connectivity index (χ3n) is 6.61. The van der Waals surface area contributed by atoms with E-state index in [9.17, 15) is 14.7 Å². The van der Waals surface area contributed by atoms with Crippen molar-refractivity contribution in [2.45, 2.75) is 53.4 Å². The van der Waals surface area contributed by atoms with Crippen molar-refractivity contribution in [3.63, 3.8) is 0 Å². The van der Waals surface area contributed by atoms with Gasteiger partial charge in [-0.1, -0.05) is 25.0 Å². The van der Waals surface area contributed by atoms with Crippen molar-refractivity contribution in [3.8, 4) is 5.75 Å². The molecule has 3 atom stereocenters. The highest BCUT2D eigenvalue weighted by Crippen LogP contribution is 2.50. The van der Waals surface area contributed by atoms with Gasteiger partial charge in [-0.3, -0.25) is 0 Å². The van der Waals surface area contributed by atoms with Gasteiger partial charge in [0.25, 0.3) is 0 Å². The molecule has 1 aromatic carbocycles. The monoisotopic (exact) mass is 397 g/mol. The Kier molecular flexibility index (Phi) is 6.15. The van der Waals surface area contributed by atoms with Crippen molar-refractivity contribution in [2.75, 3.05) is 6.61 Å². The Hall–Kier alpha value is -2.56. The van der Waals surface area contributed by atoms with Crippen molar-refractivity contribution in [3.05, 3.63) is 51.9 Å². The van der Waals surface area contributed by atoms with Crippen LogP contribution in [0.3, 0.4) is 0 Å². The highest BCUT2D eigenvalue weighted by molar-refractivity contribution is 5.77. The molecule has 29 heavy (non-hydrogen) atoms. The average molecular weight is 397 g/mol. The molecule has 1 saturated carbocycles. The van der Waals surface area contributed by atoms with Gasteiger partial charge >= 0.3 is 5.63 Å². The molecule has 0 bridgehead atoms. The number of allylic oxidation sites excluding steroid dienone is 2. The largest absolute Gasteiger partial charge is 0.550 e. The molecule has 1 aromatic heterocycles. The van der Waals surface area contributed by atoms with Crippen molar-refractivity contribution in [2.24, 2.45) is 17.3 Å². The number of ether oxygens (including phenoxy) is 1. The molecule has 0 amide bonds. The van der Waals surface area contributed by atoms with E-state index in [-0.39, 0.29) is 17.8 Å². The summed E-state index contributed by atoms with van der Waals surface area (Å²) in [6.07, 6.45) is 2.65. The van der Waals surface area contributed by atoms with E-state index in [2.05, 4.69) is 27.7 Å². The van der Waals surface area contributed by atoms with Crippen LogP contribution >= 0.6 is 0 Å². The average Bonchev–Trinajstić information content (AvgIpc) is 2.66. The van der Waals surface area contributed by atoms with Crippen molar-refractivity contribution in [1.29, 1.82) is 0 Å². The minimum atomic E-state index is -1.01. The lowest BCUT2D eigenvalue weighted by atomic mass is 9.58. The number of rotatable bonds is 6. The third kappa shape index (κ3) is 4.55. The van der Waals surface area contributed by atoms with Crippen LogP contribution in [0.5, 0.6) is 5.75 Å². The number of aliphatic carboxylic acids is 1. The van der Waals surface area contributed by atoms with E-state index < -0.39 is 11.6 Å². The number of carboxylic acids is 1. The Labute approximate surface area is 171 Å². The van der Waals surface area contributed by atoms with Gasteiger partial charge in [-0.15, -0.1) is 0 Å². The van der Waals surface area contributed by atoms with Crippen LogP contribution in [0, 0.1) is 17.3 Å². The summed E-state index contributed by atoms with van der Waals surface area (Å²) in [5, 5.41) is 12.0. The van der Waals surface area contributed by atoms with E-state index >= 15 is 0 Å². The SMILES string of the molecule is CC(C)=C1CC[C@@H](C)[C@@](C)(COc2ccc3ccc(=O)oc3c2)[C@@H]1CCC(=O)[O-]. The number of hydrogen-bond acceptors (Lipinski definition) is 5. The van der Waals surface area contributed by atoms with E-state index in [4.69, 9.17) is 9.15 Å². The van der Waals surface area contributed by atoms with Crippen LogP contribution in [0.25, 0.3) is 11.0 Å². The Bertz CT molecular complexity index is 982. The van der Waals surface area contributed by atoms with Gasteiger partial charge in [-0.05, 0) is 69.6 Å². The van der Waals surface area contributed by atoms with Crippen LogP contribution in [0.15, 0.2) is 50.7 Å². The van der Waals surface area contributed by atoms with Gasteiger partial charge in [0.15, 0.2) is 0 Å². The quantitative estimate of drug-likeness (QED) is 0.542. The minimum absolute atomic E-state index is 0.0465. The van der Waals surface area contributed by atoms with Crippen LogP contribution in [0.4, 0.5) is 0 Å². The number of carbonyl (C=O) groups excluding carboxylic acids is 1. The summed E-state index contributed by atoms with van der Waals surface area (Å²) in [5.41, 5.74) is 2.51. The zero-order chi connectivity index (χ0) is 21.2. The van der Waals surface area contributed by atoms with Crippen molar-refractivity contribution in [1.82, 2.24) is 0 Å². The maximum atomic E-state index is 11.5. The highest BCUT2D eigenvalue weighted by Gasteiger charge is 2.44. The van der Waals surface area contributed by atoms with Crippen LogP contribution in [-0.2, 0) is 4.79 Å². The first-order valence-corrected chi connectivity index (χ1v) is 10.2. The highest BCUT2D eigenvalue weighted by atomic mass is 16.5. The second-order valence-corrected chi connectivity index (χ2v) is 8.68. The van der Waals surface area contributed by atoms with Crippen molar-refractivity contribution >= 4 is 16.9 Å². The van der Waals surface area contributed by atoms with Gasteiger partial charge < -0.3 is 19.1 Å². The topological polar surface area (TPSA) is 79.6 Å². The summed E-state index contributed by atoms with van der Waals surface area (Å²) >= 11 is 0. The molecule has 3 rings (SSSR count). The standard InChI is InChI=1S/C24H30O5/c1-15(2)19-9-5-16(3)24(4,20(19)10-11-22(25)26)14-28-18-8-6-17-7-12-23(27)29-21(17)13-18/h6-8,12-13,16,20H,5,9-11,14H2,1-4H3,(H,25,26)/p-1/t16-,20-,24-/m1/s1. The smallest absolute Gasteiger partial charge is 0.336 e. The van der Waals surface area contributed by atoms with Gasteiger partial charge in [-0.2, -0.15) is 0 Å². The Morgan fingerprint density at radius 2 is 2.00 bits per heavy atom. The summed E-state index contributed by atoms with van der Waals surface area (Å²) in [4.78, 5) is 22.6. The zero-order valence-electron chi connectivity index (χ0n) is 17.6. The van der Waals surface area contributed by atoms with Gasteiger partial charge in [0, 0.05) is 28.9 Å². The van der Waals surface area contributed by atoms with Crippen LogP contribution in [0.2, 0.25) is 0 Å². The lowest BCUT2D eigenvalue weighted by Gasteiger charge is -2.48. The lowest BCUT2D eigenvalue weighted by Crippen LogP contribution is -2.44. The fraction of sp³-hybridized carbons (Fsp3) is 0.500. The van der Waals surface area contributed by atoms with Gasteiger partial charge in [0.1, 0.15) is 11.3 Å². The Balaban J connectivity index is 1.87. The van der Waals surface area contributed by atoms with Crippen molar-refractivity contribution < 1.29 is 19.1 Å². The van der Waals surface area contributed by atoms with Crippen LogP contribution < -0.4 is 15.5 Å². The molecule has 0 saturated heterocycles. The number of benzene rings is 1. The maximum Gasteiger partial charge on any atom is 0.336 e. The molecule has 5 nitrogen and oxygen atoms in total. The van der Waals surface area contributed by atoms with Crippen LogP contribution in [0.1, 0.15) is 53.4 Å². The molecule has 1 heterocycles. The van der Waals surface area contributed by atoms with E-state index in [1.165, 1.54) is 17.2 Å². The normalized spacial score (nSPS) is 24.5. The molecule has 5 heteroatoms. The molecule has 0 N–H and O–H groups in total. The predicted molar refractivity (Wildman–Crippen MR) is 111 cm³/mol. The molecular formula is C24H29O5-. The Morgan fingerprint density at radius 3 is 2.69 bits per heavy atom. The first-order chi connectivity index (χ1) is 13.7. The number of carbonyl (C=O) groups is 1. The summed E-state index contributed by atoms with van der Waals surface area (Å²) in [6.45, 7) is 9.08. The maximum absolute atomic E-state index is 11.5. The molecule has 1 aliphatic carbocycles. The molecule has 2 aromatic rings. The van der Waals surface area contributed by atoms with Gasteiger partial charge in [0.2, 0.25) is 0 Å². The fourth-order valence-corrected chi connectivity index (χ4v) is 4.59. The van der Waals surface area contributed by atoms with E-state index in [0.717, 1.165) is 18.2 Å². The molecule has 156 valence electrons. The molecule has 1 fully saturated rings. The third-order valence-corrected chi connectivity index (χ3v) is 6.61. The summed E-state index contributed by atoms with van der Waals surface area (Å²) in [7, 11) is 0. The second kappa shape index (κ2) is 8.44. The first kappa shape index (κ1) is 21.2. The fourth-order valence-electron chi connectivity index (χ4n) is 4.59. The summed E-state index contributed by atoms with van der Waals surface area (Å²) < 4.78 is 11.4. The zero-order valence-corrected chi connectivity index (χ0v) is 17.6. The van der Waals surface area contributed by atoms with Gasteiger partial charge in [-0.25, -0.2) is 4.79 Å². The predicted octanol–water partition coefficient (Wildman–Crippen LogP) is 4.09. The molecule has 1 aliphatic rings.